The molecule has 1 aliphatic rings. The molecule has 1 saturated heterocycles. The molecule has 3 aromatic rings. The van der Waals surface area contributed by atoms with Crippen LogP contribution in [0.1, 0.15) is 21.5 Å². The maximum absolute atomic E-state index is 13.1. The number of nitrogens with zero attached hydrogens (tertiary/aromatic N) is 2. The second-order valence-corrected chi connectivity index (χ2v) is 10.2. The zero-order chi connectivity index (χ0) is 25.0. The Labute approximate surface area is 205 Å². The number of amides is 1. The Bertz CT molecular complexity index is 1300. The van der Waals surface area contributed by atoms with Crippen molar-refractivity contribution in [3.05, 3.63) is 83.4 Å². The van der Waals surface area contributed by atoms with E-state index in [1.54, 1.807) is 36.1 Å². The summed E-state index contributed by atoms with van der Waals surface area (Å²) in [7, 11) is -2.35. The van der Waals surface area contributed by atoms with Crippen LogP contribution < -0.4 is 9.47 Å². The zero-order valence-electron chi connectivity index (χ0n) is 19.7. The number of hydrogen-bond acceptors (Lipinski definition) is 6. The quantitative estimate of drug-likeness (QED) is 0.538. The summed E-state index contributed by atoms with van der Waals surface area (Å²) in [6.07, 6.45) is 0. The third-order valence-corrected chi connectivity index (χ3v) is 7.83. The van der Waals surface area contributed by atoms with Crippen molar-refractivity contribution in [2.24, 2.45) is 0 Å². The van der Waals surface area contributed by atoms with Gasteiger partial charge in [-0.25, -0.2) is 8.42 Å². The van der Waals surface area contributed by atoms with E-state index >= 15 is 0 Å². The van der Waals surface area contributed by atoms with Crippen LogP contribution in [0.25, 0.3) is 0 Å². The number of piperazine rings is 1. The molecule has 0 bridgehead atoms. The molecule has 0 atom stereocenters. The van der Waals surface area contributed by atoms with Gasteiger partial charge in [0.15, 0.2) is 11.5 Å². The van der Waals surface area contributed by atoms with Gasteiger partial charge in [-0.05, 0) is 48.4 Å². The molecule has 184 valence electrons. The van der Waals surface area contributed by atoms with Crippen LogP contribution in [0.4, 0.5) is 0 Å². The van der Waals surface area contributed by atoms with Gasteiger partial charge in [0.25, 0.3) is 5.91 Å². The summed E-state index contributed by atoms with van der Waals surface area (Å²) in [5.74, 6) is 0.480. The highest BCUT2D eigenvalue weighted by Crippen LogP contribution is 2.30. The number of phenolic OH excluding ortho intramolecular Hbond substituents is 1. The van der Waals surface area contributed by atoms with E-state index in [0.29, 0.717) is 23.7 Å². The Morgan fingerprint density at radius 2 is 1.66 bits per heavy atom. The van der Waals surface area contributed by atoms with Gasteiger partial charge in [-0.15, -0.1) is 0 Å². The van der Waals surface area contributed by atoms with E-state index in [2.05, 4.69) is 0 Å². The molecule has 4 rings (SSSR count). The Morgan fingerprint density at radius 1 is 0.943 bits per heavy atom. The molecule has 3 aromatic carbocycles. The van der Waals surface area contributed by atoms with Crippen molar-refractivity contribution in [3.63, 3.8) is 0 Å². The fourth-order valence-electron chi connectivity index (χ4n) is 3.94. The highest BCUT2D eigenvalue weighted by Gasteiger charge is 2.32. The molecule has 0 saturated carbocycles. The summed E-state index contributed by atoms with van der Waals surface area (Å²) in [5.41, 5.74) is 2.18. The average Bonchev–Trinajstić information content (AvgIpc) is 2.89. The lowest BCUT2D eigenvalue weighted by molar-refractivity contribution is 0.0697. The minimum absolute atomic E-state index is 0.117. The molecule has 1 aliphatic heterocycles. The second kappa shape index (κ2) is 10.4. The molecule has 0 aromatic heterocycles. The topological polar surface area (TPSA) is 96.4 Å². The lowest BCUT2D eigenvalue weighted by atomic mass is 10.1. The van der Waals surface area contributed by atoms with Gasteiger partial charge >= 0.3 is 0 Å². The van der Waals surface area contributed by atoms with Crippen molar-refractivity contribution in [1.82, 2.24) is 9.21 Å². The Balaban J connectivity index is 1.42. The fraction of sp³-hybridized carbons (Fsp3) is 0.269. The highest BCUT2D eigenvalue weighted by atomic mass is 32.2. The van der Waals surface area contributed by atoms with Gasteiger partial charge in [0.05, 0.1) is 7.11 Å². The number of aromatic hydroxyl groups is 1. The lowest BCUT2D eigenvalue weighted by Crippen LogP contribution is -2.50. The predicted octanol–water partition coefficient (Wildman–Crippen LogP) is 3.43. The third kappa shape index (κ3) is 5.41. The fourth-order valence-corrected chi connectivity index (χ4v) is 5.53. The normalized spacial score (nSPS) is 14.5. The minimum Gasteiger partial charge on any atom is -0.507 e. The minimum atomic E-state index is -3.87. The second-order valence-electron chi connectivity index (χ2n) is 8.31. The molecule has 0 spiro atoms. The molecule has 35 heavy (non-hydrogen) atoms. The van der Waals surface area contributed by atoms with E-state index in [0.717, 1.165) is 11.1 Å². The number of carbonyl (C=O) groups is 1. The number of rotatable bonds is 7. The van der Waals surface area contributed by atoms with Crippen LogP contribution in [0.3, 0.4) is 0 Å². The molecule has 1 N–H and O–H groups in total. The van der Waals surface area contributed by atoms with Gasteiger partial charge in [0, 0.05) is 31.7 Å². The van der Waals surface area contributed by atoms with Crippen LogP contribution in [0, 0.1) is 6.92 Å². The summed E-state index contributed by atoms with van der Waals surface area (Å²) < 4.78 is 38.6. The number of sulfonamides is 1. The molecule has 1 heterocycles. The zero-order valence-corrected chi connectivity index (χ0v) is 20.5. The lowest BCUT2D eigenvalue weighted by Gasteiger charge is -2.34. The largest absolute Gasteiger partial charge is 0.507 e. The Hall–Kier alpha value is -3.56. The maximum Gasteiger partial charge on any atom is 0.254 e. The van der Waals surface area contributed by atoms with Gasteiger partial charge in [-0.2, -0.15) is 4.31 Å². The molecule has 8 nitrogen and oxygen atoms in total. The van der Waals surface area contributed by atoms with Crippen LogP contribution in [0.2, 0.25) is 0 Å². The molecule has 1 amide bonds. The molecular formula is C26H28N2O6S. The van der Waals surface area contributed by atoms with Crippen molar-refractivity contribution in [3.8, 4) is 17.2 Å². The van der Waals surface area contributed by atoms with Crippen LogP contribution in [0.15, 0.2) is 71.6 Å². The highest BCUT2D eigenvalue weighted by molar-refractivity contribution is 7.89. The van der Waals surface area contributed by atoms with E-state index < -0.39 is 10.0 Å². The van der Waals surface area contributed by atoms with Crippen LogP contribution in [-0.4, -0.2) is 61.9 Å². The van der Waals surface area contributed by atoms with Gasteiger partial charge in [-0.3, -0.25) is 4.79 Å². The molecule has 9 heteroatoms. The molecule has 0 aliphatic carbocycles. The van der Waals surface area contributed by atoms with E-state index in [1.165, 1.54) is 23.5 Å². The van der Waals surface area contributed by atoms with Crippen molar-refractivity contribution in [1.29, 1.82) is 0 Å². The summed E-state index contributed by atoms with van der Waals surface area (Å²) in [6.45, 7) is 2.88. The van der Waals surface area contributed by atoms with E-state index in [1.807, 2.05) is 30.3 Å². The first kappa shape index (κ1) is 24.6. The first-order chi connectivity index (χ1) is 16.8. The van der Waals surface area contributed by atoms with Crippen LogP contribution in [0.5, 0.6) is 17.2 Å². The monoisotopic (exact) mass is 496 g/mol. The number of methoxy groups -OCH3 is 1. The number of carbonyl (C=O) groups excluding carboxylic acids is 1. The molecular weight excluding hydrogens is 468 g/mol. The first-order valence-corrected chi connectivity index (χ1v) is 12.7. The third-order valence-electron chi connectivity index (χ3n) is 5.91. The van der Waals surface area contributed by atoms with Gasteiger partial charge < -0.3 is 19.5 Å². The standard InChI is InChI=1S/C26H28N2O6S/c1-19-8-10-22(29)25(16-19)35(31,32)28-14-12-27(13-15-28)26(30)21-9-11-23(24(17-21)33-2)34-18-20-6-4-3-5-7-20/h3-11,16-17,29H,12-15,18H2,1-2H3. The van der Waals surface area contributed by atoms with Crippen LogP contribution in [-0.2, 0) is 16.6 Å². The van der Waals surface area contributed by atoms with Crippen LogP contribution >= 0.6 is 0 Å². The van der Waals surface area contributed by atoms with Crippen molar-refractivity contribution in [2.45, 2.75) is 18.4 Å². The smallest absolute Gasteiger partial charge is 0.254 e. The van der Waals surface area contributed by atoms with Crippen molar-refractivity contribution < 1.29 is 27.8 Å². The summed E-state index contributed by atoms with van der Waals surface area (Å²) in [4.78, 5) is 14.6. The molecule has 1 fully saturated rings. The summed E-state index contributed by atoms with van der Waals surface area (Å²) in [5, 5.41) is 10.1. The Kier molecular flexibility index (Phi) is 7.28. The number of aryl methyl sites for hydroxylation is 1. The SMILES string of the molecule is COc1cc(C(=O)N2CCN(S(=O)(=O)c3cc(C)ccc3O)CC2)ccc1OCc1ccccc1. The predicted molar refractivity (Wildman–Crippen MR) is 131 cm³/mol. The molecule has 0 unspecified atom stereocenters. The van der Waals surface area contributed by atoms with Crippen molar-refractivity contribution in [2.75, 3.05) is 33.3 Å². The summed E-state index contributed by atoms with van der Waals surface area (Å²) in [6, 6.07) is 19.2. The Morgan fingerprint density at radius 3 is 2.34 bits per heavy atom. The van der Waals surface area contributed by atoms with E-state index in [-0.39, 0.29) is 42.7 Å². The van der Waals surface area contributed by atoms with Gasteiger partial charge in [0.1, 0.15) is 17.3 Å². The first-order valence-electron chi connectivity index (χ1n) is 11.2. The average molecular weight is 497 g/mol. The summed E-state index contributed by atoms with van der Waals surface area (Å²) >= 11 is 0. The number of hydrogen-bond donors (Lipinski definition) is 1. The van der Waals surface area contributed by atoms with E-state index in [4.69, 9.17) is 9.47 Å². The van der Waals surface area contributed by atoms with Crippen molar-refractivity contribution >= 4 is 15.9 Å². The van der Waals surface area contributed by atoms with Gasteiger partial charge in [0.2, 0.25) is 10.0 Å². The maximum atomic E-state index is 13.1. The van der Waals surface area contributed by atoms with Gasteiger partial charge in [-0.1, -0.05) is 36.4 Å². The number of phenols is 1. The number of ether oxygens (including phenoxy) is 2. The number of benzene rings is 3. The molecule has 0 radical (unpaired) electrons. The van der Waals surface area contributed by atoms with E-state index in [9.17, 15) is 18.3 Å².